The highest BCUT2D eigenvalue weighted by molar-refractivity contribution is 5.56. The molecule has 0 spiro atoms. The molecule has 0 bridgehead atoms. The minimum atomic E-state index is -1.79. The zero-order valence-electron chi connectivity index (χ0n) is 6.24. The van der Waals surface area contributed by atoms with Crippen molar-refractivity contribution in [3.05, 3.63) is 0 Å². The van der Waals surface area contributed by atoms with Crippen LogP contribution in [0.4, 0.5) is 0 Å². The summed E-state index contributed by atoms with van der Waals surface area (Å²) in [5.74, 6) is 0. The van der Waals surface area contributed by atoms with Crippen LogP contribution in [0.5, 0.6) is 0 Å². The largest absolute Gasteiger partial charge is 0.394 e. The summed E-state index contributed by atoms with van der Waals surface area (Å²) in [6.45, 7) is -0.760. The van der Waals surface area contributed by atoms with E-state index in [1.807, 2.05) is 0 Å². The Hall–Kier alpha value is -0.530. The molecule has 0 fully saturated rings. The summed E-state index contributed by atoms with van der Waals surface area (Å²) in [6, 6.07) is 0. The molecule has 0 aliphatic rings. The van der Waals surface area contributed by atoms with Crippen LogP contribution in [-0.4, -0.2) is 62.8 Å². The van der Waals surface area contributed by atoms with Crippen molar-refractivity contribution in [1.82, 2.24) is 0 Å². The van der Waals surface area contributed by atoms with Crippen LogP contribution >= 0.6 is 0 Å². The average molecular weight is 181 g/mol. The summed E-state index contributed by atoms with van der Waals surface area (Å²) in [6.07, 6.45) is -6.84. The molecule has 0 radical (unpaired) electrons. The van der Waals surface area contributed by atoms with E-state index in [0.717, 1.165) is 0 Å². The number of carbonyl (C=O) groups is 1. The maximum atomic E-state index is 9.90. The molecular weight excluding hydrogens is 169 g/mol. The van der Waals surface area contributed by atoms with Crippen molar-refractivity contribution < 1.29 is 30.3 Å². The Kier molecular flexibility index (Phi) is 4.95. The van der Waals surface area contributed by atoms with Gasteiger partial charge in [-0.15, -0.1) is 0 Å². The van der Waals surface area contributed by atoms with E-state index in [1.165, 1.54) is 0 Å². The average Bonchev–Trinajstić information content (AvgIpc) is 2.12. The molecule has 0 amide bonds. The van der Waals surface area contributed by atoms with Gasteiger partial charge in [-0.3, -0.25) is 0 Å². The zero-order valence-corrected chi connectivity index (χ0v) is 6.24. The van der Waals surface area contributed by atoms with Crippen molar-refractivity contribution in [3.8, 4) is 0 Å². The molecule has 72 valence electrons. The highest BCUT2D eigenvalue weighted by Crippen LogP contribution is 2.02. The van der Waals surface area contributed by atoms with E-state index in [9.17, 15) is 4.79 Å². The molecule has 5 N–H and O–H groups in total. The van der Waals surface area contributed by atoms with Gasteiger partial charge in [0.25, 0.3) is 0 Å². The van der Waals surface area contributed by atoms with Crippen LogP contribution in [0, 0.1) is 0 Å². The smallest absolute Gasteiger partial charge is 0.151 e. The molecule has 0 unspecified atom stereocenters. The van der Waals surface area contributed by atoms with E-state index in [4.69, 9.17) is 25.5 Å². The first kappa shape index (κ1) is 11.5. The molecule has 0 saturated carbocycles. The van der Waals surface area contributed by atoms with Crippen LogP contribution in [0.15, 0.2) is 0 Å². The maximum Gasteiger partial charge on any atom is 0.151 e. The van der Waals surface area contributed by atoms with Crippen molar-refractivity contribution in [2.45, 2.75) is 24.4 Å². The summed E-state index contributed by atoms with van der Waals surface area (Å²) < 4.78 is 0. The Labute approximate surface area is 68.7 Å². The third-order valence-corrected chi connectivity index (χ3v) is 1.42. The van der Waals surface area contributed by atoms with Crippen LogP contribution in [0.3, 0.4) is 0 Å². The van der Waals surface area contributed by atoms with Crippen LogP contribution in [0.25, 0.3) is 0 Å². The monoisotopic (exact) mass is 181 g/mol. The molecule has 6 heteroatoms. The van der Waals surface area contributed by atoms with Crippen molar-refractivity contribution in [1.29, 1.82) is 0 Å². The minimum absolute atomic E-state index is 0.0258. The molecule has 6 nitrogen and oxygen atoms in total. The molecule has 0 heterocycles. The number of hydrogen-bond donors (Lipinski definition) is 5. The molecule has 12 heavy (non-hydrogen) atoms. The predicted octanol–water partition coefficient (Wildman–Crippen LogP) is -3.38. The molecular formula is C6H12O6. The van der Waals surface area contributed by atoms with Crippen molar-refractivity contribution in [3.63, 3.8) is 0 Å². The molecule has 0 rings (SSSR count). The Balaban J connectivity index is 4.07. The molecule has 4 atom stereocenters. The standard InChI is InChI=1S/C6H12O6/c7-1-3(9)5(11)6(12)4(10)2-8/h1,3-6,8-12H,2H2/t3-,4-,5-,6+/m1/s1/i3+1. The number of hydrogen-bond acceptors (Lipinski definition) is 6. The predicted molar refractivity (Wildman–Crippen MR) is 37.2 cm³/mol. The third-order valence-electron chi connectivity index (χ3n) is 1.42. The van der Waals surface area contributed by atoms with Crippen molar-refractivity contribution >= 4 is 6.29 Å². The van der Waals surface area contributed by atoms with Crippen LogP contribution in [0.1, 0.15) is 0 Å². The number of aliphatic hydroxyl groups excluding tert-OH is 5. The van der Waals surface area contributed by atoms with Gasteiger partial charge < -0.3 is 30.3 Å². The van der Waals surface area contributed by atoms with Gasteiger partial charge in [-0.25, -0.2) is 0 Å². The fourth-order valence-corrected chi connectivity index (χ4v) is 0.618. The number of carbonyl (C=O) groups excluding carboxylic acids is 1. The lowest BCUT2D eigenvalue weighted by atomic mass is 10.1. The first-order chi connectivity index (χ1) is 5.54. The van der Waals surface area contributed by atoms with Crippen LogP contribution < -0.4 is 0 Å². The number of aldehydes is 1. The number of rotatable bonds is 5. The maximum absolute atomic E-state index is 9.90. The van der Waals surface area contributed by atoms with Gasteiger partial charge in [0.1, 0.15) is 24.4 Å². The topological polar surface area (TPSA) is 118 Å². The highest BCUT2D eigenvalue weighted by atomic mass is 16.4. The van der Waals surface area contributed by atoms with E-state index in [-0.39, 0.29) is 6.29 Å². The Bertz CT molecular complexity index is 138. The highest BCUT2D eigenvalue weighted by Gasteiger charge is 2.29. The van der Waals surface area contributed by atoms with Gasteiger partial charge in [0, 0.05) is 0 Å². The molecule has 0 aliphatic carbocycles. The molecule has 0 aliphatic heterocycles. The third kappa shape index (κ3) is 2.84. The first-order valence-electron chi connectivity index (χ1n) is 3.33. The Morgan fingerprint density at radius 2 is 1.58 bits per heavy atom. The van der Waals surface area contributed by atoms with Gasteiger partial charge in [-0.1, -0.05) is 0 Å². The Morgan fingerprint density at radius 3 is 1.92 bits per heavy atom. The first-order valence-corrected chi connectivity index (χ1v) is 3.33. The van der Waals surface area contributed by atoms with Gasteiger partial charge in [-0.2, -0.15) is 0 Å². The lowest BCUT2D eigenvalue weighted by Gasteiger charge is -2.22. The summed E-state index contributed by atoms with van der Waals surface area (Å²) >= 11 is 0. The summed E-state index contributed by atoms with van der Waals surface area (Å²) in [7, 11) is 0. The molecule has 0 aromatic carbocycles. The van der Waals surface area contributed by atoms with E-state index >= 15 is 0 Å². The van der Waals surface area contributed by atoms with E-state index in [2.05, 4.69) is 0 Å². The van der Waals surface area contributed by atoms with Crippen LogP contribution in [0.2, 0.25) is 0 Å². The summed E-state index contributed by atoms with van der Waals surface area (Å²) in [4.78, 5) is 9.90. The fourth-order valence-electron chi connectivity index (χ4n) is 0.618. The van der Waals surface area contributed by atoms with Crippen LogP contribution in [-0.2, 0) is 4.79 Å². The van der Waals surface area contributed by atoms with E-state index < -0.39 is 31.0 Å². The second kappa shape index (κ2) is 5.18. The molecule has 0 aromatic rings. The minimum Gasteiger partial charge on any atom is -0.394 e. The van der Waals surface area contributed by atoms with E-state index in [0.29, 0.717) is 0 Å². The summed E-state index contributed by atoms with van der Waals surface area (Å²) in [5.41, 5.74) is 0. The number of aliphatic hydroxyl groups is 5. The second-order valence-electron chi connectivity index (χ2n) is 2.36. The van der Waals surface area contributed by atoms with Gasteiger partial charge in [0.2, 0.25) is 0 Å². The lowest BCUT2D eigenvalue weighted by Crippen LogP contribution is -2.46. The molecule has 0 saturated heterocycles. The van der Waals surface area contributed by atoms with Crippen molar-refractivity contribution in [2.75, 3.05) is 6.61 Å². The normalized spacial score (nSPS) is 21.1. The van der Waals surface area contributed by atoms with Crippen molar-refractivity contribution in [2.24, 2.45) is 0 Å². The quantitative estimate of drug-likeness (QED) is 0.223. The fraction of sp³-hybridized carbons (Fsp3) is 0.833. The lowest BCUT2D eigenvalue weighted by molar-refractivity contribution is -0.136. The Morgan fingerprint density at radius 1 is 1.08 bits per heavy atom. The summed E-state index contributed by atoms with van der Waals surface area (Å²) in [5, 5.41) is 43.5. The van der Waals surface area contributed by atoms with Gasteiger partial charge in [-0.05, 0) is 0 Å². The molecule has 0 aromatic heterocycles. The van der Waals surface area contributed by atoms with Gasteiger partial charge >= 0.3 is 0 Å². The van der Waals surface area contributed by atoms with Gasteiger partial charge in [0.15, 0.2) is 6.29 Å². The van der Waals surface area contributed by atoms with E-state index in [1.54, 1.807) is 0 Å². The van der Waals surface area contributed by atoms with Gasteiger partial charge in [0.05, 0.1) is 6.61 Å². The SMILES string of the molecule is O=C[13C@@H](O)[C@@H](O)[C@@H](O)[C@H](O)CO. The zero-order chi connectivity index (χ0) is 9.72. The second-order valence-corrected chi connectivity index (χ2v) is 2.36.